The molecule has 5 rings (SSSR count). The average Bonchev–Trinajstić information content (AvgIpc) is 3.01. The topological polar surface area (TPSA) is 34.1 Å². The van der Waals surface area contributed by atoms with E-state index in [4.69, 9.17) is 0 Å². The molecule has 5 atom stereocenters. The maximum Gasteiger partial charge on any atom is 0.159 e. The lowest BCUT2D eigenvalue weighted by Crippen LogP contribution is -2.42. The molecule has 1 aromatic rings. The van der Waals surface area contributed by atoms with Crippen molar-refractivity contribution in [3.05, 3.63) is 58.2 Å². The van der Waals surface area contributed by atoms with Gasteiger partial charge in [-0.3, -0.25) is 9.59 Å². The second-order valence-corrected chi connectivity index (χ2v) is 10.2. The predicted molar refractivity (Wildman–Crippen MR) is 116 cm³/mol. The van der Waals surface area contributed by atoms with Crippen LogP contribution in [0.25, 0.3) is 0 Å². The number of fused-ring (bicyclic) bond motifs is 4. The van der Waals surface area contributed by atoms with Crippen LogP contribution in [0.5, 0.6) is 0 Å². The molecule has 0 radical (unpaired) electrons. The Kier molecular flexibility index (Phi) is 4.46. The van der Waals surface area contributed by atoms with Crippen molar-refractivity contribution in [1.82, 2.24) is 0 Å². The molecule has 2 nitrogen and oxygen atoms in total. The maximum absolute atomic E-state index is 12.1. The minimum atomic E-state index is 0.130. The summed E-state index contributed by atoms with van der Waals surface area (Å²) in [6, 6.07) is 8.41. The summed E-state index contributed by atoms with van der Waals surface area (Å²) < 4.78 is 0. The van der Waals surface area contributed by atoms with Gasteiger partial charge in [0.25, 0.3) is 0 Å². The molecule has 0 spiro atoms. The summed E-state index contributed by atoms with van der Waals surface area (Å²) in [6.45, 7) is 6.64. The third kappa shape index (κ3) is 2.90. The van der Waals surface area contributed by atoms with Crippen LogP contribution < -0.4 is 0 Å². The number of rotatable bonds is 2. The van der Waals surface area contributed by atoms with E-state index in [1.165, 1.54) is 42.4 Å². The zero-order valence-corrected chi connectivity index (χ0v) is 18.0. The smallest absolute Gasteiger partial charge is 0.159 e. The Bertz CT molecular complexity index is 932. The van der Waals surface area contributed by atoms with Crippen LogP contribution in [0.2, 0.25) is 0 Å². The molecule has 0 N–H and O–H groups in total. The summed E-state index contributed by atoms with van der Waals surface area (Å²) >= 11 is 0. The molecule has 0 aromatic heterocycles. The summed E-state index contributed by atoms with van der Waals surface area (Å²) in [7, 11) is 0. The quantitative estimate of drug-likeness (QED) is 0.547. The first-order chi connectivity index (χ1) is 13.9. The van der Waals surface area contributed by atoms with Gasteiger partial charge >= 0.3 is 0 Å². The number of benzene rings is 1. The summed E-state index contributed by atoms with van der Waals surface area (Å²) in [5, 5.41) is 0. The van der Waals surface area contributed by atoms with E-state index in [0.29, 0.717) is 29.5 Å². The normalized spacial score (nSPS) is 36.2. The largest absolute Gasteiger partial charge is 0.295 e. The van der Waals surface area contributed by atoms with Gasteiger partial charge in [0.2, 0.25) is 0 Å². The standard InChI is InChI=1S/C27H32O2/c1-16-4-13-25-23-11-9-20-14-21(29)10-12-22(20)26(23)24(15-27(16,25)3)19-7-5-18(6-8-19)17(2)28/h5-8,14,16,23-25H,4,9-13,15H2,1-3H3. The zero-order chi connectivity index (χ0) is 20.3. The van der Waals surface area contributed by atoms with Gasteiger partial charge in [0.05, 0.1) is 0 Å². The highest BCUT2D eigenvalue weighted by Gasteiger charge is 2.55. The van der Waals surface area contributed by atoms with Gasteiger partial charge < -0.3 is 0 Å². The van der Waals surface area contributed by atoms with Crippen LogP contribution in [0.3, 0.4) is 0 Å². The van der Waals surface area contributed by atoms with Gasteiger partial charge in [0.15, 0.2) is 11.6 Å². The van der Waals surface area contributed by atoms with Crippen molar-refractivity contribution >= 4 is 11.6 Å². The zero-order valence-electron chi connectivity index (χ0n) is 18.0. The third-order valence-corrected chi connectivity index (χ3v) is 8.93. The first-order valence-electron chi connectivity index (χ1n) is 11.5. The molecule has 0 aliphatic heterocycles. The van der Waals surface area contributed by atoms with Crippen LogP contribution in [0, 0.1) is 23.2 Å². The molecule has 2 heteroatoms. The van der Waals surface area contributed by atoms with Crippen molar-refractivity contribution in [3.63, 3.8) is 0 Å². The van der Waals surface area contributed by atoms with Gasteiger partial charge in [-0.25, -0.2) is 0 Å². The Hall–Kier alpha value is -1.96. The van der Waals surface area contributed by atoms with E-state index in [1.54, 1.807) is 12.5 Å². The van der Waals surface area contributed by atoms with E-state index in [9.17, 15) is 9.59 Å². The summed E-state index contributed by atoms with van der Waals surface area (Å²) in [4.78, 5) is 23.9. The Balaban J connectivity index is 1.65. The maximum atomic E-state index is 12.1. The van der Waals surface area contributed by atoms with E-state index in [0.717, 1.165) is 30.2 Å². The molecule has 29 heavy (non-hydrogen) atoms. The summed E-state index contributed by atoms with van der Waals surface area (Å²) in [5.41, 5.74) is 7.05. The average molecular weight is 389 g/mol. The van der Waals surface area contributed by atoms with E-state index < -0.39 is 0 Å². The lowest BCUT2D eigenvalue weighted by atomic mass is 9.52. The molecule has 4 aliphatic carbocycles. The number of Topliss-reactive ketones (excluding diaryl/α,β-unsaturated/α-hetero) is 1. The Morgan fingerprint density at radius 2 is 1.79 bits per heavy atom. The number of allylic oxidation sites excluding steroid dienone is 4. The van der Waals surface area contributed by atoms with Crippen LogP contribution >= 0.6 is 0 Å². The van der Waals surface area contributed by atoms with Crippen molar-refractivity contribution in [1.29, 1.82) is 0 Å². The SMILES string of the molecule is CC(=O)c1ccc(C2CC3(C)C(C)CCC3C3CCC4=CC(=O)CCC4=C23)cc1. The number of carbonyl (C=O) groups is 2. The molecule has 4 aliphatic rings. The van der Waals surface area contributed by atoms with Crippen molar-refractivity contribution in [2.24, 2.45) is 23.2 Å². The number of hydrogen-bond donors (Lipinski definition) is 0. The molecule has 2 fully saturated rings. The molecule has 0 amide bonds. The van der Waals surface area contributed by atoms with Crippen LogP contribution in [-0.4, -0.2) is 11.6 Å². The van der Waals surface area contributed by atoms with Crippen molar-refractivity contribution in [3.8, 4) is 0 Å². The Labute approximate surface area is 174 Å². The predicted octanol–water partition coefficient (Wildman–Crippen LogP) is 6.42. The third-order valence-electron chi connectivity index (χ3n) is 8.93. The van der Waals surface area contributed by atoms with Gasteiger partial charge in [-0.2, -0.15) is 0 Å². The molecule has 0 heterocycles. The molecular weight excluding hydrogens is 356 g/mol. The van der Waals surface area contributed by atoms with E-state index in [-0.39, 0.29) is 5.78 Å². The fraction of sp³-hybridized carbons (Fsp3) is 0.556. The molecular formula is C27H32O2. The van der Waals surface area contributed by atoms with Gasteiger partial charge in [-0.1, -0.05) is 43.7 Å². The molecule has 2 saturated carbocycles. The van der Waals surface area contributed by atoms with Crippen LogP contribution in [-0.2, 0) is 4.79 Å². The second kappa shape index (κ2) is 6.79. The highest BCUT2D eigenvalue weighted by Crippen LogP contribution is 2.65. The Morgan fingerprint density at radius 1 is 1.03 bits per heavy atom. The second-order valence-electron chi connectivity index (χ2n) is 10.2. The first-order valence-corrected chi connectivity index (χ1v) is 11.5. The molecule has 152 valence electrons. The summed E-state index contributed by atoms with van der Waals surface area (Å²) in [6.07, 6.45) is 9.72. The minimum absolute atomic E-state index is 0.130. The molecule has 0 saturated heterocycles. The van der Waals surface area contributed by atoms with Gasteiger partial charge in [0, 0.05) is 17.9 Å². The van der Waals surface area contributed by atoms with E-state index in [1.807, 2.05) is 18.2 Å². The van der Waals surface area contributed by atoms with Crippen LogP contribution in [0.4, 0.5) is 0 Å². The van der Waals surface area contributed by atoms with Gasteiger partial charge in [-0.15, -0.1) is 0 Å². The Morgan fingerprint density at radius 3 is 2.52 bits per heavy atom. The van der Waals surface area contributed by atoms with Crippen molar-refractivity contribution < 1.29 is 9.59 Å². The summed E-state index contributed by atoms with van der Waals surface area (Å²) in [5.74, 6) is 3.08. The molecule has 1 aromatic carbocycles. The fourth-order valence-electron chi connectivity index (χ4n) is 7.16. The van der Waals surface area contributed by atoms with Gasteiger partial charge in [0.1, 0.15) is 0 Å². The van der Waals surface area contributed by atoms with Crippen molar-refractivity contribution in [2.45, 2.75) is 71.6 Å². The van der Waals surface area contributed by atoms with E-state index >= 15 is 0 Å². The highest BCUT2D eigenvalue weighted by atomic mass is 16.1. The monoisotopic (exact) mass is 388 g/mol. The van der Waals surface area contributed by atoms with Crippen LogP contribution in [0.15, 0.2) is 47.1 Å². The van der Waals surface area contributed by atoms with Crippen molar-refractivity contribution in [2.75, 3.05) is 0 Å². The number of hydrogen-bond acceptors (Lipinski definition) is 2. The number of carbonyl (C=O) groups excluding carboxylic acids is 2. The minimum Gasteiger partial charge on any atom is -0.295 e. The molecule has 0 bridgehead atoms. The lowest BCUT2D eigenvalue weighted by molar-refractivity contribution is -0.114. The highest BCUT2D eigenvalue weighted by molar-refractivity contribution is 5.94. The first kappa shape index (κ1) is 19.0. The fourth-order valence-corrected chi connectivity index (χ4v) is 7.16. The molecule has 5 unspecified atom stereocenters. The van der Waals surface area contributed by atoms with E-state index in [2.05, 4.69) is 26.0 Å². The number of ketones is 2. The lowest BCUT2D eigenvalue weighted by Gasteiger charge is -2.52. The van der Waals surface area contributed by atoms with Gasteiger partial charge in [-0.05, 0) is 91.4 Å². The van der Waals surface area contributed by atoms with Crippen LogP contribution in [0.1, 0.15) is 87.6 Å².